The van der Waals surface area contributed by atoms with Gasteiger partial charge in [-0.3, -0.25) is 0 Å². The van der Waals surface area contributed by atoms with E-state index in [0.29, 0.717) is 5.89 Å². The van der Waals surface area contributed by atoms with E-state index in [4.69, 9.17) is 4.42 Å². The molecule has 0 N–H and O–H groups in total. The molecule has 0 spiro atoms. The zero-order valence-corrected chi connectivity index (χ0v) is 13.3. The molecule has 0 unspecified atom stereocenters. The lowest BCUT2D eigenvalue weighted by atomic mass is 9.85. The summed E-state index contributed by atoms with van der Waals surface area (Å²) in [6, 6.07) is 12.6. The van der Waals surface area contributed by atoms with Crippen molar-refractivity contribution in [3.8, 4) is 11.5 Å². The fourth-order valence-corrected chi connectivity index (χ4v) is 2.57. The van der Waals surface area contributed by atoms with Crippen LogP contribution < -0.4 is 0 Å². The third kappa shape index (κ3) is 2.46. The number of oxazole rings is 1. The van der Waals surface area contributed by atoms with Crippen molar-refractivity contribution in [1.29, 1.82) is 0 Å². The highest BCUT2D eigenvalue weighted by atomic mass is 16.3. The van der Waals surface area contributed by atoms with E-state index in [2.05, 4.69) is 63.9 Å². The second-order valence-electron chi connectivity index (χ2n) is 6.72. The molecule has 0 aliphatic heterocycles. The third-order valence-corrected chi connectivity index (χ3v) is 3.94. The molecule has 0 amide bonds. The number of rotatable bonds is 1. The number of hydrogen-bond acceptors (Lipinski definition) is 2. The molecule has 1 heterocycles. The summed E-state index contributed by atoms with van der Waals surface area (Å²) in [7, 11) is 0. The molecule has 1 aromatic heterocycles. The first-order chi connectivity index (χ1) is 9.86. The van der Waals surface area contributed by atoms with Crippen molar-refractivity contribution in [2.75, 3.05) is 0 Å². The minimum absolute atomic E-state index is 0.154. The molecule has 3 aromatic rings. The maximum Gasteiger partial charge on any atom is 0.227 e. The van der Waals surface area contributed by atoms with Gasteiger partial charge in [0.15, 0.2) is 5.58 Å². The molecule has 0 atom stereocenters. The van der Waals surface area contributed by atoms with Crippen LogP contribution in [0.25, 0.3) is 22.6 Å². The number of fused-ring (bicyclic) bond motifs is 1. The predicted molar refractivity (Wildman–Crippen MR) is 87.6 cm³/mol. The second kappa shape index (κ2) is 4.73. The number of para-hydroxylation sites is 1. The molecule has 0 radical (unpaired) electrons. The van der Waals surface area contributed by atoms with Crippen LogP contribution >= 0.6 is 0 Å². The van der Waals surface area contributed by atoms with Crippen LogP contribution in [0.15, 0.2) is 40.8 Å². The average molecular weight is 279 g/mol. The summed E-state index contributed by atoms with van der Waals surface area (Å²) in [6.07, 6.45) is 0. The normalized spacial score (nSPS) is 12.0. The van der Waals surface area contributed by atoms with Gasteiger partial charge in [-0.1, -0.05) is 45.0 Å². The number of aromatic nitrogens is 1. The summed E-state index contributed by atoms with van der Waals surface area (Å²) in [5.74, 6) is 0.706. The Balaban J connectivity index is 2.13. The first-order valence-corrected chi connectivity index (χ1v) is 7.34. The number of nitrogens with zero attached hydrogens (tertiary/aromatic N) is 1. The standard InChI is InChI=1S/C19H21NO/c1-12-7-6-8-16-17(12)20-18(21-16)15-10-9-14(11-13(15)2)19(3,4)5/h6-11H,1-5H3. The van der Waals surface area contributed by atoms with Gasteiger partial charge in [-0.2, -0.15) is 0 Å². The van der Waals surface area contributed by atoms with Crippen LogP contribution in [0, 0.1) is 13.8 Å². The largest absolute Gasteiger partial charge is 0.436 e. The van der Waals surface area contributed by atoms with Crippen molar-refractivity contribution in [2.24, 2.45) is 0 Å². The number of benzene rings is 2. The van der Waals surface area contributed by atoms with E-state index >= 15 is 0 Å². The lowest BCUT2D eigenvalue weighted by Gasteiger charge is -2.20. The summed E-state index contributed by atoms with van der Waals surface area (Å²) in [5, 5.41) is 0. The second-order valence-corrected chi connectivity index (χ2v) is 6.72. The van der Waals surface area contributed by atoms with Crippen LogP contribution in [0.5, 0.6) is 0 Å². The maximum absolute atomic E-state index is 5.93. The van der Waals surface area contributed by atoms with Crippen molar-refractivity contribution in [2.45, 2.75) is 40.0 Å². The van der Waals surface area contributed by atoms with Crippen molar-refractivity contribution < 1.29 is 4.42 Å². The summed E-state index contributed by atoms with van der Waals surface area (Å²) in [6.45, 7) is 10.9. The molecule has 0 fully saturated rings. The maximum atomic E-state index is 5.93. The predicted octanol–water partition coefficient (Wildman–Crippen LogP) is 5.41. The Morgan fingerprint density at radius 2 is 1.71 bits per heavy atom. The summed E-state index contributed by atoms with van der Waals surface area (Å²) in [4.78, 5) is 4.67. The van der Waals surface area contributed by atoms with E-state index in [1.54, 1.807) is 0 Å². The van der Waals surface area contributed by atoms with Gasteiger partial charge < -0.3 is 4.42 Å². The summed E-state index contributed by atoms with van der Waals surface area (Å²) >= 11 is 0. The van der Waals surface area contributed by atoms with Crippen molar-refractivity contribution >= 4 is 11.1 Å². The SMILES string of the molecule is Cc1cc(C(C)(C)C)ccc1-c1nc2c(C)cccc2o1. The minimum atomic E-state index is 0.154. The Morgan fingerprint density at radius 1 is 0.952 bits per heavy atom. The van der Waals surface area contributed by atoms with Crippen molar-refractivity contribution in [3.63, 3.8) is 0 Å². The van der Waals surface area contributed by atoms with Crippen LogP contribution in [0.4, 0.5) is 0 Å². The van der Waals surface area contributed by atoms with Crippen LogP contribution in [0.2, 0.25) is 0 Å². The van der Waals surface area contributed by atoms with Crippen LogP contribution in [0.1, 0.15) is 37.5 Å². The van der Waals surface area contributed by atoms with Gasteiger partial charge in [-0.05, 0) is 48.1 Å². The van der Waals surface area contributed by atoms with E-state index in [9.17, 15) is 0 Å². The van der Waals surface area contributed by atoms with E-state index < -0.39 is 0 Å². The van der Waals surface area contributed by atoms with Gasteiger partial charge in [0.1, 0.15) is 5.52 Å². The van der Waals surface area contributed by atoms with Crippen LogP contribution in [-0.4, -0.2) is 4.98 Å². The molecule has 0 aliphatic carbocycles. The van der Waals surface area contributed by atoms with Gasteiger partial charge >= 0.3 is 0 Å². The zero-order valence-electron chi connectivity index (χ0n) is 13.3. The van der Waals surface area contributed by atoms with Gasteiger partial charge in [0, 0.05) is 5.56 Å². The molecule has 2 heteroatoms. The molecular weight excluding hydrogens is 258 g/mol. The van der Waals surface area contributed by atoms with Gasteiger partial charge in [0.25, 0.3) is 0 Å². The molecule has 0 bridgehead atoms. The first-order valence-electron chi connectivity index (χ1n) is 7.34. The Labute approximate surface area is 125 Å². The fourth-order valence-electron chi connectivity index (χ4n) is 2.57. The Kier molecular flexibility index (Phi) is 3.12. The first kappa shape index (κ1) is 13.9. The molecule has 0 aliphatic rings. The molecule has 2 nitrogen and oxygen atoms in total. The number of hydrogen-bond donors (Lipinski definition) is 0. The fraction of sp³-hybridized carbons (Fsp3) is 0.316. The Morgan fingerprint density at radius 3 is 2.33 bits per heavy atom. The smallest absolute Gasteiger partial charge is 0.227 e. The van der Waals surface area contributed by atoms with Gasteiger partial charge in [-0.15, -0.1) is 0 Å². The van der Waals surface area contributed by atoms with Crippen LogP contribution in [-0.2, 0) is 5.41 Å². The van der Waals surface area contributed by atoms with Crippen molar-refractivity contribution in [1.82, 2.24) is 4.98 Å². The molecule has 21 heavy (non-hydrogen) atoms. The summed E-state index contributed by atoms with van der Waals surface area (Å²) in [5.41, 5.74) is 6.70. The quantitative estimate of drug-likeness (QED) is 0.595. The zero-order chi connectivity index (χ0) is 15.2. The van der Waals surface area contributed by atoms with E-state index in [1.807, 2.05) is 12.1 Å². The van der Waals surface area contributed by atoms with E-state index in [1.165, 1.54) is 11.1 Å². The number of aryl methyl sites for hydroxylation is 2. The molecule has 0 saturated carbocycles. The molecule has 2 aromatic carbocycles. The monoisotopic (exact) mass is 279 g/mol. The Hall–Kier alpha value is -2.09. The topological polar surface area (TPSA) is 26.0 Å². The van der Waals surface area contributed by atoms with Gasteiger partial charge in [-0.25, -0.2) is 4.98 Å². The molecule has 3 rings (SSSR count). The highest BCUT2D eigenvalue weighted by molar-refractivity contribution is 5.79. The lowest BCUT2D eigenvalue weighted by molar-refractivity contribution is 0.589. The van der Waals surface area contributed by atoms with Gasteiger partial charge in [0.2, 0.25) is 5.89 Å². The molecular formula is C19H21NO. The molecule has 108 valence electrons. The lowest BCUT2D eigenvalue weighted by Crippen LogP contribution is -2.11. The van der Waals surface area contributed by atoms with Gasteiger partial charge in [0.05, 0.1) is 0 Å². The summed E-state index contributed by atoms with van der Waals surface area (Å²) < 4.78 is 5.93. The Bertz CT molecular complexity index is 806. The van der Waals surface area contributed by atoms with E-state index in [-0.39, 0.29) is 5.41 Å². The average Bonchev–Trinajstić information content (AvgIpc) is 2.82. The van der Waals surface area contributed by atoms with E-state index in [0.717, 1.165) is 22.2 Å². The van der Waals surface area contributed by atoms with Crippen molar-refractivity contribution in [3.05, 3.63) is 53.1 Å². The highest BCUT2D eigenvalue weighted by Crippen LogP contribution is 2.31. The molecule has 0 saturated heterocycles. The van der Waals surface area contributed by atoms with Crippen LogP contribution in [0.3, 0.4) is 0 Å². The third-order valence-electron chi connectivity index (χ3n) is 3.94. The minimum Gasteiger partial charge on any atom is -0.436 e. The highest BCUT2D eigenvalue weighted by Gasteiger charge is 2.17.